The van der Waals surface area contributed by atoms with Gasteiger partial charge in [-0.3, -0.25) is 4.90 Å². The topological polar surface area (TPSA) is 64.5 Å². The Morgan fingerprint density at radius 2 is 2.44 bits per heavy atom. The Bertz CT molecular complexity index is 494. The first kappa shape index (κ1) is 11.4. The number of hydrogen-bond donors (Lipinski definition) is 0. The minimum absolute atomic E-state index is 0.379. The average molecular weight is 249 g/mol. The zero-order valence-electron chi connectivity index (χ0n) is 10.2. The molecule has 6 nitrogen and oxygen atoms in total. The van der Waals surface area contributed by atoms with Crippen LogP contribution in [0.2, 0.25) is 0 Å². The molecule has 1 unspecified atom stereocenters. The second-order valence-electron chi connectivity index (χ2n) is 4.39. The van der Waals surface area contributed by atoms with Gasteiger partial charge in [-0.25, -0.2) is 0 Å². The van der Waals surface area contributed by atoms with Crippen LogP contribution < -0.4 is 0 Å². The van der Waals surface area contributed by atoms with Crippen LogP contribution in [0.5, 0.6) is 0 Å². The first-order valence-corrected chi connectivity index (χ1v) is 6.01. The molecular formula is C12H15N3O3. The van der Waals surface area contributed by atoms with Crippen molar-refractivity contribution in [2.75, 3.05) is 19.8 Å². The van der Waals surface area contributed by atoms with E-state index in [4.69, 9.17) is 13.7 Å². The Balaban J connectivity index is 1.70. The Labute approximate surface area is 105 Å². The zero-order chi connectivity index (χ0) is 12.4. The van der Waals surface area contributed by atoms with Crippen LogP contribution in [0.3, 0.4) is 0 Å². The van der Waals surface area contributed by atoms with Crippen molar-refractivity contribution < 1.29 is 13.7 Å². The van der Waals surface area contributed by atoms with Crippen molar-refractivity contribution >= 4 is 0 Å². The van der Waals surface area contributed by atoms with Crippen molar-refractivity contribution in [1.29, 1.82) is 0 Å². The molecule has 0 aromatic carbocycles. The molecule has 0 saturated carbocycles. The summed E-state index contributed by atoms with van der Waals surface area (Å²) in [5.74, 6) is 1.70. The lowest BCUT2D eigenvalue weighted by Crippen LogP contribution is -2.43. The van der Waals surface area contributed by atoms with Gasteiger partial charge in [0.15, 0.2) is 11.6 Å². The Hall–Kier alpha value is -1.66. The lowest BCUT2D eigenvalue weighted by molar-refractivity contribution is -0.00575. The van der Waals surface area contributed by atoms with Gasteiger partial charge in [-0.2, -0.15) is 4.98 Å². The fourth-order valence-corrected chi connectivity index (χ4v) is 2.00. The molecule has 0 aliphatic carbocycles. The van der Waals surface area contributed by atoms with Crippen molar-refractivity contribution in [2.24, 2.45) is 0 Å². The molecule has 1 aliphatic rings. The fourth-order valence-electron chi connectivity index (χ4n) is 2.00. The minimum Gasteiger partial charge on any atom is -0.459 e. The van der Waals surface area contributed by atoms with Gasteiger partial charge >= 0.3 is 0 Å². The van der Waals surface area contributed by atoms with Gasteiger partial charge in [0.2, 0.25) is 0 Å². The highest BCUT2D eigenvalue weighted by molar-refractivity contribution is 5.42. The summed E-state index contributed by atoms with van der Waals surface area (Å²) in [6.07, 6.45) is 1.59. The van der Waals surface area contributed by atoms with E-state index in [0.717, 1.165) is 19.8 Å². The number of rotatable bonds is 3. The van der Waals surface area contributed by atoms with Crippen molar-refractivity contribution in [3.8, 4) is 11.7 Å². The monoisotopic (exact) mass is 249 g/mol. The van der Waals surface area contributed by atoms with Gasteiger partial charge in [0.25, 0.3) is 5.89 Å². The van der Waals surface area contributed by atoms with E-state index in [1.165, 1.54) is 0 Å². The summed E-state index contributed by atoms with van der Waals surface area (Å²) in [6, 6.07) is 3.97. The molecule has 2 aromatic rings. The molecular weight excluding hydrogens is 234 g/mol. The number of furan rings is 1. The Kier molecular flexibility index (Phi) is 3.12. The first-order chi connectivity index (χ1) is 8.83. The van der Waals surface area contributed by atoms with Gasteiger partial charge in [0.1, 0.15) is 0 Å². The number of ether oxygens (including phenoxy) is 1. The highest BCUT2D eigenvalue weighted by Crippen LogP contribution is 2.18. The van der Waals surface area contributed by atoms with Crippen molar-refractivity contribution in [3.05, 3.63) is 24.2 Å². The molecule has 1 atom stereocenters. The summed E-state index contributed by atoms with van der Waals surface area (Å²) < 4.78 is 15.8. The third-order valence-electron chi connectivity index (χ3n) is 3.05. The van der Waals surface area contributed by atoms with E-state index in [0.29, 0.717) is 30.1 Å². The third-order valence-corrected chi connectivity index (χ3v) is 3.05. The predicted molar refractivity (Wildman–Crippen MR) is 62.7 cm³/mol. The summed E-state index contributed by atoms with van der Waals surface area (Å²) in [4.78, 5) is 6.61. The molecule has 0 bridgehead atoms. The predicted octanol–water partition coefficient (Wildman–Crippen LogP) is 1.55. The average Bonchev–Trinajstić information content (AvgIpc) is 3.02. The van der Waals surface area contributed by atoms with Crippen LogP contribution in [0, 0.1) is 0 Å². The number of morpholine rings is 1. The standard InChI is InChI=1S/C12H15N3O3/c1-9-8-16-6-4-15(9)7-11-13-12(18-14-11)10-3-2-5-17-10/h2-3,5,9H,4,6-8H2,1H3. The quantitative estimate of drug-likeness (QED) is 0.822. The molecule has 96 valence electrons. The van der Waals surface area contributed by atoms with Gasteiger partial charge in [-0.05, 0) is 19.1 Å². The highest BCUT2D eigenvalue weighted by Gasteiger charge is 2.21. The normalized spacial score (nSPS) is 21.3. The second kappa shape index (κ2) is 4.91. The van der Waals surface area contributed by atoms with Crippen molar-refractivity contribution in [2.45, 2.75) is 19.5 Å². The van der Waals surface area contributed by atoms with Gasteiger partial charge in [-0.15, -0.1) is 0 Å². The first-order valence-electron chi connectivity index (χ1n) is 6.01. The van der Waals surface area contributed by atoms with Gasteiger partial charge in [0.05, 0.1) is 26.0 Å². The molecule has 1 fully saturated rings. The van der Waals surface area contributed by atoms with Crippen LogP contribution in [-0.2, 0) is 11.3 Å². The molecule has 0 spiro atoms. The smallest absolute Gasteiger partial charge is 0.293 e. The summed E-state index contributed by atoms with van der Waals surface area (Å²) in [5, 5.41) is 3.97. The van der Waals surface area contributed by atoms with Crippen LogP contribution in [0.25, 0.3) is 11.7 Å². The van der Waals surface area contributed by atoms with Crippen molar-refractivity contribution in [3.63, 3.8) is 0 Å². The molecule has 0 radical (unpaired) electrons. The van der Waals surface area contributed by atoms with E-state index in [2.05, 4.69) is 22.0 Å². The maximum absolute atomic E-state index is 5.39. The fraction of sp³-hybridized carbons (Fsp3) is 0.500. The van der Waals surface area contributed by atoms with E-state index in [9.17, 15) is 0 Å². The van der Waals surface area contributed by atoms with Crippen LogP contribution in [0.15, 0.2) is 27.3 Å². The molecule has 6 heteroatoms. The van der Waals surface area contributed by atoms with Gasteiger partial charge < -0.3 is 13.7 Å². The molecule has 0 amide bonds. The number of hydrogen-bond acceptors (Lipinski definition) is 6. The zero-order valence-corrected chi connectivity index (χ0v) is 10.2. The molecule has 0 N–H and O–H groups in total. The highest BCUT2D eigenvalue weighted by atomic mass is 16.5. The molecule has 18 heavy (non-hydrogen) atoms. The van der Waals surface area contributed by atoms with Crippen LogP contribution in [0.4, 0.5) is 0 Å². The lowest BCUT2D eigenvalue weighted by atomic mass is 10.2. The Morgan fingerprint density at radius 3 is 3.22 bits per heavy atom. The van der Waals surface area contributed by atoms with E-state index >= 15 is 0 Å². The van der Waals surface area contributed by atoms with Crippen LogP contribution >= 0.6 is 0 Å². The lowest BCUT2D eigenvalue weighted by Gasteiger charge is -2.31. The van der Waals surface area contributed by atoms with E-state index in [1.807, 2.05) is 0 Å². The number of aromatic nitrogens is 2. The number of nitrogens with zero attached hydrogens (tertiary/aromatic N) is 3. The van der Waals surface area contributed by atoms with E-state index < -0.39 is 0 Å². The summed E-state index contributed by atoms with van der Waals surface area (Å²) >= 11 is 0. The maximum atomic E-state index is 5.39. The SMILES string of the molecule is CC1COCCN1Cc1noc(-c2ccco2)n1. The minimum atomic E-state index is 0.379. The summed E-state index contributed by atoms with van der Waals surface area (Å²) in [7, 11) is 0. The van der Waals surface area contributed by atoms with Crippen LogP contribution in [-0.4, -0.2) is 40.8 Å². The van der Waals surface area contributed by atoms with Crippen molar-refractivity contribution in [1.82, 2.24) is 15.0 Å². The summed E-state index contributed by atoms with van der Waals surface area (Å²) in [6.45, 7) is 5.21. The van der Waals surface area contributed by atoms with Gasteiger partial charge in [0, 0.05) is 12.6 Å². The molecule has 1 saturated heterocycles. The van der Waals surface area contributed by atoms with Crippen LogP contribution in [0.1, 0.15) is 12.7 Å². The third kappa shape index (κ3) is 2.30. The van der Waals surface area contributed by atoms with E-state index in [-0.39, 0.29) is 0 Å². The Morgan fingerprint density at radius 1 is 1.50 bits per heavy atom. The summed E-state index contributed by atoms with van der Waals surface area (Å²) in [5.41, 5.74) is 0. The second-order valence-corrected chi connectivity index (χ2v) is 4.39. The molecule has 1 aliphatic heterocycles. The molecule has 2 aromatic heterocycles. The molecule has 3 rings (SSSR count). The molecule has 3 heterocycles. The maximum Gasteiger partial charge on any atom is 0.293 e. The van der Waals surface area contributed by atoms with E-state index in [1.54, 1.807) is 18.4 Å². The van der Waals surface area contributed by atoms with Gasteiger partial charge in [-0.1, -0.05) is 5.16 Å². The largest absolute Gasteiger partial charge is 0.459 e.